The third-order valence-corrected chi connectivity index (χ3v) is 3.11. The van der Waals surface area contributed by atoms with Crippen molar-refractivity contribution in [2.45, 2.75) is 26.3 Å². The van der Waals surface area contributed by atoms with Gasteiger partial charge >= 0.3 is 0 Å². The van der Waals surface area contributed by atoms with Gasteiger partial charge in [-0.1, -0.05) is 12.0 Å². The fourth-order valence-corrected chi connectivity index (χ4v) is 2.55. The lowest BCUT2D eigenvalue weighted by atomic mass is 10.1. The number of benzene rings is 1. The molecular weight excluding hydrogens is 236 g/mol. The minimum Gasteiger partial charge on any atom is -0.271 e. The van der Waals surface area contributed by atoms with Gasteiger partial charge in [-0.3, -0.25) is 4.72 Å². The molecule has 0 saturated carbocycles. The molecule has 0 aliphatic rings. The molecule has 0 heterocycles. The third kappa shape index (κ3) is 4.89. The van der Waals surface area contributed by atoms with E-state index in [1.54, 1.807) is 45.0 Å². The van der Waals surface area contributed by atoms with E-state index in [9.17, 15) is 8.42 Å². The van der Waals surface area contributed by atoms with Crippen molar-refractivity contribution in [3.8, 4) is 12.3 Å². The molecule has 0 aliphatic heterocycles. The lowest BCUT2D eigenvalue weighted by Gasteiger charge is -2.20. The van der Waals surface area contributed by atoms with Gasteiger partial charge < -0.3 is 0 Å². The van der Waals surface area contributed by atoms with E-state index in [1.807, 2.05) is 0 Å². The summed E-state index contributed by atoms with van der Waals surface area (Å²) in [5, 5.41) is 0. The molecule has 0 bridgehead atoms. The molecule has 17 heavy (non-hydrogen) atoms. The van der Waals surface area contributed by atoms with Crippen LogP contribution in [-0.2, 0) is 10.2 Å². The van der Waals surface area contributed by atoms with E-state index < -0.39 is 15.7 Å². The van der Waals surface area contributed by atoms with Gasteiger partial charge in [0.1, 0.15) is 0 Å². The van der Waals surface area contributed by atoms with E-state index in [0.29, 0.717) is 11.3 Å². The first kappa shape index (κ1) is 13.6. The summed E-state index contributed by atoms with van der Waals surface area (Å²) in [5.74, 6) is 2.45. The van der Waals surface area contributed by atoms with Crippen LogP contribution in [0, 0.1) is 12.3 Å². The van der Waals surface area contributed by atoms with Gasteiger partial charge in [0, 0.05) is 11.1 Å². The Morgan fingerprint density at radius 2 is 1.94 bits per heavy atom. The molecule has 0 radical (unpaired) electrons. The second kappa shape index (κ2) is 4.78. The maximum absolute atomic E-state index is 11.7. The van der Waals surface area contributed by atoms with Crippen molar-refractivity contribution in [3.05, 3.63) is 29.8 Å². The van der Waals surface area contributed by atoms with Crippen LogP contribution in [0.3, 0.4) is 0 Å². The maximum Gasteiger partial charge on any atom is 0.299 e. The number of nitrogens with one attached hydrogen (secondary N) is 2. The average Bonchev–Trinajstić information content (AvgIpc) is 2.13. The first-order chi connectivity index (χ1) is 7.72. The van der Waals surface area contributed by atoms with Crippen molar-refractivity contribution in [2.24, 2.45) is 0 Å². The number of hydrogen-bond donors (Lipinski definition) is 2. The fraction of sp³-hybridized carbons (Fsp3) is 0.333. The minimum absolute atomic E-state index is 0.442. The van der Waals surface area contributed by atoms with Crippen molar-refractivity contribution in [1.82, 2.24) is 4.72 Å². The van der Waals surface area contributed by atoms with Gasteiger partial charge in [0.25, 0.3) is 10.2 Å². The van der Waals surface area contributed by atoms with Crippen LogP contribution >= 0.6 is 0 Å². The van der Waals surface area contributed by atoms with Gasteiger partial charge in [0.05, 0.1) is 5.69 Å². The molecule has 2 N–H and O–H groups in total. The zero-order valence-corrected chi connectivity index (χ0v) is 10.9. The van der Waals surface area contributed by atoms with Gasteiger partial charge in [0.15, 0.2) is 0 Å². The Morgan fingerprint density at radius 1 is 1.29 bits per heavy atom. The third-order valence-electron chi connectivity index (χ3n) is 1.72. The summed E-state index contributed by atoms with van der Waals surface area (Å²) in [6.45, 7) is 5.30. The molecule has 0 amide bonds. The summed E-state index contributed by atoms with van der Waals surface area (Å²) in [7, 11) is -3.59. The molecule has 5 heteroatoms. The molecule has 0 fully saturated rings. The normalized spacial score (nSPS) is 11.9. The number of hydrogen-bond acceptors (Lipinski definition) is 2. The molecule has 0 aliphatic carbocycles. The lowest BCUT2D eigenvalue weighted by molar-refractivity contribution is 0.494. The van der Waals surface area contributed by atoms with Gasteiger partial charge in [-0.15, -0.1) is 6.42 Å². The van der Waals surface area contributed by atoms with Gasteiger partial charge in [-0.25, -0.2) is 0 Å². The second-order valence-electron chi connectivity index (χ2n) is 4.68. The molecule has 1 aromatic rings. The maximum atomic E-state index is 11.7. The summed E-state index contributed by atoms with van der Waals surface area (Å²) in [4.78, 5) is 0. The standard InChI is InChI=1S/C12H16N2O2S/c1-5-10-7-6-8-11(9-10)13-17(15,16)14-12(2,3)4/h1,6-9,13-14H,2-4H3. The number of terminal acetylenes is 1. The molecular formula is C12H16N2O2S. The van der Waals surface area contributed by atoms with Crippen molar-refractivity contribution < 1.29 is 8.42 Å². The zero-order chi connectivity index (χ0) is 13.1. The lowest BCUT2D eigenvalue weighted by Crippen LogP contribution is -2.43. The first-order valence-electron chi connectivity index (χ1n) is 5.10. The number of rotatable bonds is 3. The van der Waals surface area contributed by atoms with Crippen molar-refractivity contribution in [3.63, 3.8) is 0 Å². The Morgan fingerprint density at radius 3 is 2.47 bits per heavy atom. The molecule has 0 aromatic heterocycles. The summed E-state index contributed by atoms with van der Waals surface area (Å²) < 4.78 is 28.4. The van der Waals surface area contributed by atoms with E-state index in [-0.39, 0.29) is 0 Å². The van der Waals surface area contributed by atoms with Crippen LogP contribution in [0.2, 0.25) is 0 Å². The quantitative estimate of drug-likeness (QED) is 0.805. The minimum atomic E-state index is -3.59. The highest BCUT2D eigenvalue weighted by atomic mass is 32.2. The van der Waals surface area contributed by atoms with Crippen molar-refractivity contribution >= 4 is 15.9 Å². The Kier molecular flexibility index (Phi) is 3.81. The Bertz CT molecular complexity index is 536. The Labute approximate surface area is 103 Å². The summed E-state index contributed by atoms with van der Waals surface area (Å²) in [5.41, 5.74) is 0.536. The van der Waals surface area contributed by atoms with Crippen LogP contribution in [0.1, 0.15) is 26.3 Å². The van der Waals surface area contributed by atoms with Crippen LogP contribution in [0.5, 0.6) is 0 Å². The van der Waals surface area contributed by atoms with E-state index in [2.05, 4.69) is 15.4 Å². The average molecular weight is 252 g/mol. The molecule has 92 valence electrons. The predicted octanol–water partition coefficient (Wildman–Crippen LogP) is 1.71. The SMILES string of the molecule is C#Cc1cccc(NS(=O)(=O)NC(C)(C)C)c1. The molecule has 0 spiro atoms. The highest BCUT2D eigenvalue weighted by Gasteiger charge is 2.19. The Hall–Kier alpha value is -1.51. The van der Waals surface area contributed by atoms with E-state index >= 15 is 0 Å². The predicted molar refractivity (Wildman–Crippen MR) is 69.8 cm³/mol. The molecule has 1 aromatic carbocycles. The summed E-state index contributed by atoms with van der Waals surface area (Å²) in [6.07, 6.45) is 5.24. The highest BCUT2D eigenvalue weighted by Crippen LogP contribution is 2.12. The fourth-order valence-electron chi connectivity index (χ4n) is 1.26. The van der Waals surface area contributed by atoms with Crippen LogP contribution in [0.25, 0.3) is 0 Å². The van der Waals surface area contributed by atoms with E-state index in [0.717, 1.165) is 0 Å². The van der Waals surface area contributed by atoms with Crippen LogP contribution in [0.15, 0.2) is 24.3 Å². The van der Waals surface area contributed by atoms with E-state index in [1.165, 1.54) is 0 Å². The van der Waals surface area contributed by atoms with Crippen LogP contribution in [-0.4, -0.2) is 14.0 Å². The van der Waals surface area contributed by atoms with Gasteiger partial charge in [-0.2, -0.15) is 13.1 Å². The zero-order valence-electron chi connectivity index (χ0n) is 10.1. The second-order valence-corrected chi connectivity index (χ2v) is 6.10. The Balaban J connectivity index is 2.88. The summed E-state index contributed by atoms with van der Waals surface area (Å²) in [6, 6.07) is 6.67. The first-order valence-corrected chi connectivity index (χ1v) is 6.58. The molecule has 0 atom stereocenters. The topological polar surface area (TPSA) is 58.2 Å². The smallest absolute Gasteiger partial charge is 0.271 e. The van der Waals surface area contributed by atoms with Gasteiger partial charge in [-0.05, 0) is 39.0 Å². The van der Waals surface area contributed by atoms with Crippen molar-refractivity contribution in [2.75, 3.05) is 4.72 Å². The van der Waals surface area contributed by atoms with Gasteiger partial charge in [0.2, 0.25) is 0 Å². The molecule has 1 rings (SSSR count). The van der Waals surface area contributed by atoms with Crippen LogP contribution in [0.4, 0.5) is 5.69 Å². The molecule has 0 saturated heterocycles. The monoisotopic (exact) mass is 252 g/mol. The molecule has 4 nitrogen and oxygen atoms in total. The van der Waals surface area contributed by atoms with Crippen molar-refractivity contribution in [1.29, 1.82) is 0 Å². The van der Waals surface area contributed by atoms with Crippen LogP contribution < -0.4 is 9.44 Å². The highest BCUT2D eigenvalue weighted by molar-refractivity contribution is 7.90. The van der Waals surface area contributed by atoms with E-state index in [4.69, 9.17) is 6.42 Å². The molecule has 0 unspecified atom stereocenters. The summed E-state index contributed by atoms with van der Waals surface area (Å²) >= 11 is 0. The largest absolute Gasteiger partial charge is 0.299 e. The number of anilines is 1.